The van der Waals surface area contributed by atoms with Crippen molar-refractivity contribution in [2.75, 3.05) is 17.7 Å². The smallest absolute Gasteiger partial charge is 0.221 e. The number of rotatable bonds is 6. The highest BCUT2D eigenvalue weighted by atomic mass is 32.1. The number of nitrogens with one attached hydrogen (secondary N) is 2. The zero-order valence-electron chi connectivity index (χ0n) is 15.4. The molecule has 3 rings (SSSR count). The molecule has 28 heavy (non-hydrogen) atoms. The Labute approximate surface area is 167 Å². The number of benzene rings is 2. The predicted molar refractivity (Wildman–Crippen MR) is 112 cm³/mol. The van der Waals surface area contributed by atoms with E-state index < -0.39 is 0 Å². The summed E-state index contributed by atoms with van der Waals surface area (Å²) in [7, 11) is 1.63. The summed E-state index contributed by atoms with van der Waals surface area (Å²) in [5, 5.41) is 17.8. The SMILES string of the molecule is COc1ccc(-c2csc(C(C#N)=CNc3ccc(NC(C)=O)cc3)n2)cc1. The van der Waals surface area contributed by atoms with Crippen LogP contribution in [-0.4, -0.2) is 18.0 Å². The molecule has 0 aliphatic carbocycles. The van der Waals surface area contributed by atoms with E-state index in [0.717, 1.165) is 22.7 Å². The Bertz CT molecular complexity index is 1030. The fourth-order valence-corrected chi connectivity index (χ4v) is 3.24. The minimum absolute atomic E-state index is 0.121. The number of methoxy groups -OCH3 is 1. The quantitative estimate of drug-likeness (QED) is 0.593. The van der Waals surface area contributed by atoms with Gasteiger partial charge in [-0.25, -0.2) is 4.98 Å². The van der Waals surface area contributed by atoms with Crippen molar-refractivity contribution >= 4 is 34.2 Å². The summed E-state index contributed by atoms with van der Waals surface area (Å²) >= 11 is 1.41. The molecule has 0 aliphatic rings. The average molecular weight is 390 g/mol. The van der Waals surface area contributed by atoms with Crippen LogP contribution in [0.1, 0.15) is 11.9 Å². The molecular weight excluding hydrogens is 372 g/mol. The number of hydrogen-bond acceptors (Lipinski definition) is 6. The van der Waals surface area contributed by atoms with Gasteiger partial charge in [0.1, 0.15) is 22.4 Å². The van der Waals surface area contributed by atoms with Crippen molar-refractivity contribution < 1.29 is 9.53 Å². The number of ether oxygens (including phenoxy) is 1. The van der Waals surface area contributed by atoms with Crippen LogP contribution in [-0.2, 0) is 4.79 Å². The number of hydrogen-bond donors (Lipinski definition) is 2. The molecule has 0 unspecified atom stereocenters. The molecular formula is C21H18N4O2S. The minimum Gasteiger partial charge on any atom is -0.497 e. The van der Waals surface area contributed by atoms with E-state index >= 15 is 0 Å². The number of allylic oxidation sites excluding steroid dienone is 1. The molecule has 0 bridgehead atoms. The molecule has 140 valence electrons. The summed E-state index contributed by atoms with van der Waals surface area (Å²) in [6.45, 7) is 1.46. The summed E-state index contributed by atoms with van der Waals surface area (Å²) in [6.07, 6.45) is 1.63. The largest absolute Gasteiger partial charge is 0.497 e. The summed E-state index contributed by atoms with van der Waals surface area (Å²) in [4.78, 5) is 15.6. The van der Waals surface area contributed by atoms with Gasteiger partial charge in [0.25, 0.3) is 0 Å². The third-order valence-corrected chi connectivity index (χ3v) is 4.70. The van der Waals surface area contributed by atoms with Gasteiger partial charge < -0.3 is 15.4 Å². The minimum atomic E-state index is -0.121. The molecule has 1 amide bonds. The van der Waals surface area contributed by atoms with Crippen LogP contribution in [0.5, 0.6) is 5.75 Å². The lowest BCUT2D eigenvalue weighted by Gasteiger charge is -2.04. The lowest BCUT2D eigenvalue weighted by Crippen LogP contribution is -2.05. The standard InChI is InChI=1S/C21H18N4O2S/c1-14(26)24-18-7-5-17(6-8-18)23-12-16(11-22)21-25-20(13-28-21)15-3-9-19(27-2)10-4-15/h3-10,12-13,23H,1-2H3,(H,24,26). The molecule has 3 aromatic rings. The van der Waals surface area contributed by atoms with Crippen LogP contribution in [0.15, 0.2) is 60.1 Å². The van der Waals surface area contributed by atoms with Crippen LogP contribution in [0.4, 0.5) is 11.4 Å². The van der Waals surface area contributed by atoms with Gasteiger partial charge >= 0.3 is 0 Å². The first-order valence-electron chi connectivity index (χ1n) is 8.44. The van der Waals surface area contributed by atoms with E-state index in [4.69, 9.17) is 4.74 Å². The Balaban J connectivity index is 1.73. The topological polar surface area (TPSA) is 87.0 Å². The lowest BCUT2D eigenvalue weighted by molar-refractivity contribution is -0.114. The van der Waals surface area contributed by atoms with Gasteiger partial charge in [-0.2, -0.15) is 5.26 Å². The zero-order valence-corrected chi connectivity index (χ0v) is 16.2. The third-order valence-electron chi connectivity index (χ3n) is 3.83. The number of anilines is 2. The molecule has 0 saturated carbocycles. The fraction of sp³-hybridized carbons (Fsp3) is 0.0952. The number of carbonyl (C=O) groups is 1. The average Bonchev–Trinajstić information content (AvgIpc) is 3.19. The Morgan fingerprint density at radius 2 is 1.82 bits per heavy atom. The first kappa shape index (κ1) is 19.1. The highest BCUT2D eigenvalue weighted by molar-refractivity contribution is 7.11. The maximum atomic E-state index is 11.1. The van der Waals surface area contributed by atoms with E-state index in [1.807, 2.05) is 41.8 Å². The highest BCUT2D eigenvalue weighted by Gasteiger charge is 2.09. The molecule has 0 saturated heterocycles. The Kier molecular flexibility index (Phi) is 6.04. The van der Waals surface area contributed by atoms with E-state index in [9.17, 15) is 10.1 Å². The number of nitrogens with zero attached hydrogens (tertiary/aromatic N) is 2. The second-order valence-electron chi connectivity index (χ2n) is 5.84. The van der Waals surface area contributed by atoms with Crippen LogP contribution in [0.25, 0.3) is 16.8 Å². The van der Waals surface area contributed by atoms with E-state index in [0.29, 0.717) is 16.3 Å². The van der Waals surface area contributed by atoms with Crippen molar-refractivity contribution in [3.8, 4) is 23.1 Å². The van der Waals surface area contributed by atoms with Crippen LogP contribution in [0.2, 0.25) is 0 Å². The Hall–Kier alpha value is -3.63. The normalized spacial score (nSPS) is 10.8. The van der Waals surface area contributed by atoms with Crippen LogP contribution in [0.3, 0.4) is 0 Å². The van der Waals surface area contributed by atoms with Crippen LogP contribution in [0, 0.1) is 11.3 Å². The Morgan fingerprint density at radius 1 is 1.14 bits per heavy atom. The molecule has 1 aromatic heterocycles. The van der Waals surface area contributed by atoms with Crippen molar-refractivity contribution in [1.82, 2.24) is 4.98 Å². The maximum Gasteiger partial charge on any atom is 0.221 e. The third kappa shape index (κ3) is 4.75. The van der Waals surface area contributed by atoms with Gasteiger partial charge in [0.2, 0.25) is 5.91 Å². The van der Waals surface area contributed by atoms with E-state index in [-0.39, 0.29) is 5.91 Å². The van der Waals surface area contributed by atoms with Crippen LogP contribution >= 0.6 is 11.3 Å². The number of carbonyl (C=O) groups excluding carboxylic acids is 1. The van der Waals surface area contributed by atoms with E-state index in [2.05, 4.69) is 21.7 Å². The van der Waals surface area contributed by atoms with Gasteiger partial charge in [-0.15, -0.1) is 11.3 Å². The van der Waals surface area contributed by atoms with Crippen molar-refractivity contribution in [3.63, 3.8) is 0 Å². The zero-order chi connectivity index (χ0) is 19.9. The number of thiazole rings is 1. The molecule has 0 aliphatic heterocycles. The number of amides is 1. The first-order valence-corrected chi connectivity index (χ1v) is 9.32. The van der Waals surface area contributed by atoms with E-state index in [1.54, 1.807) is 25.4 Å². The van der Waals surface area contributed by atoms with Crippen molar-refractivity contribution in [2.24, 2.45) is 0 Å². The van der Waals surface area contributed by atoms with Crippen molar-refractivity contribution in [1.29, 1.82) is 5.26 Å². The van der Waals surface area contributed by atoms with Crippen molar-refractivity contribution in [3.05, 3.63) is 65.1 Å². The van der Waals surface area contributed by atoms with Gasteiger partial charge in [0, 0.05) is 35.4 Å². The summed E-state index contributed by atoms with van der Waals surface area (Å²) in [5.74, 6) is 0.661. The summed E-state index contributed by atoms with van der Waals surface area (Å²) < 4.78 is 5.17. The molecule has 1 heterocycles. The summed E-state index contributed by atoms with van der Waals surface area (Å²) in [6, 6.07) is 17.0. The second-order valence-corrected chi connectivity index (χ2v) is 6.70. The highest BCUT2D eigenvalue weighted by Crippen LogP contribution is 2.27. The van der Waals surface area contributed by atoms with Crippen molar-refractivity contribution in [2.45, 2.75) is 6.92 Å². The number of aromatic nitrogens is 1. The van der Waals surface area contributed by atoms with Gasteiger partial charge in [0.15, 0.2) is 0 Å². The van der Waals surface area contributed by atoms with Gasteiger partial charge in [0.05, 0.1) is 12.8 Å². The molecule has 6 nitrogen and oxygen atoms in total. The van der Waals surface area contributed by atoms with Gasteiger partial charge in [-0.05, 0) is 48.5 Å². The first-order chi connectivity index (χ1) is 13.6. The monoisotopic (exact) mass is 390 g/mol. The molecule has 0 atom stereocenters. The maximum absolute atomic E-state index is 11.1. The number of nitriles is 1. The lowest BCUT2D eigenvalue weighted by atomic mass is 10.2. The fourth-order valence-electron chi connectivity index (χ4n) is 2.44. The van der Waals surface area contributed by atoms with E-state index in [1.165, 1.54) is 18.3 Å². The van der Waals surface area contributed by atoms with Gasteiger partial charge in [-0.1, -0.05) is 0 Å². The Morgan fingerprint density at radius 3 is 2.43 bits per heavy atom. The van der Waals surface area contributed by atoms with Crippen LogP contribution < -0.4 is 15.4 Å². The summed E-state index contributed by atoms with van der Waals surface area (Å²) in [5.41, 5.74) is 3.72. The predicted octanol–water partition coefficient (Wildman–Crippen LogP) is 4.75. The molecule has 7 heteroatoms. The van der Waals surface area contributed by atoms with Gasteiger partial charge in [-0.3, -0.25) is 4.79 Å². The second kappa shape index (κ2) is 8.84. The molecule has 0 spiro atoms. The molecule has 2 aromatic carbocycles. The molecule has 0 radical (unpaired) electrons. The molecule has 0 fully saturated rings. The molecule has 2 N–H and O–H groups in total.